The van der Waals surface area contributed by atoms with E-state index in [1.165, 1.54) is 65.4 Å². The van der Waals surface area contributed by atoms with Crippen LogP contribution in [0.4, 0.5) is 0 Å². The summed E-state index contributed by atoms with van der Waals surface area (Å²) >= 11 is 0. The number of rotatable bonds is 0. The van der Waals surface area contributed by atoms with E-state index in [1.807, 2.05) is 12.1 Å². The lowest BCUT2D eigenvalue weighted by molar-refractivity contribution is 0.669. The van der Waals surface area contributed by atoms with Crippen molar-refractivity contribution in [3.63, 3.8) is 0 Å². The molecule has 0 amide bonds. The molecule has 0 unspecified atom stereocenters. The number of para-hydroxylation sites is 4. The van der Waals surface area contributed by atoms with Crippen molar-refractivity contribution >= 4 is 98.5 Å². The Balaban J connectivity index is 1.48. The van der Waals surface area contributed by atoms with E-state index < -0.39 is 0 Å². The smallest absolute Gasteiger partial charge is 0.136 e. The van der Waals surface area contributed by atoms with Gasteiger partial charge in [-0.1, -0.05) is 60.7 Å². The number of benzene rings is 6. The molecule has 0 N–H and O–H groups in total. The highest BCUT2D eigenvalue weighted by molar-refractivity contribution is 6.33. The summed E-state index contributed by atoms with van der Waals surface area (Å²) in [5.41, 5.74) is 10.9. The van der Waals surface area contributed by atoms with E-state index in [0.29, 0.717) is 0 Å². The molecular formula is C36H18N2O2. The topological polar surface area (TPSA) is 35.1 Å². The van der Waals surface area contributed by atoms with Gasteiger partial charge in [0.2, 0.25) is 0 Å². The van der Waals surface area contributed by atoms with Gasteiger partial charge in [0.15, 0.2) is 0 Å². The van der Waals surface area contributed by atoms with Gasteiger partial charge in [-0.15, -0.1) is 0 Å². The Kier molecular flexibility index (Phi) is 3.12. The van der Waals surface area contributed by atoms with Gasteiger partial charge in [-0.2, -0.15) is 0 Å². The molecule has 0 saturated carbocycles. The molecule has 0 aliphatic rings. The number of aromatic nitrogens is 2. The molecule has 0 saturated heterocycles. The summed E-state index contributed by atoms with van der Waals surface area (Å²) in [4.78, 5) is 0. The monoisotopic (exact) mass is 510 g/mol. The molecule has 0 atom stereocenters. The second kappa shape index (κ2) is 6.38. The lowest BCUT2D eigenvalue weighted by atomic mass is 10.0. The summed E-state index contributed by atoms with van der Waals surface area (Å²) in [6.45, 7) is 0. The summed E-state index contributed by atoms with van der Waals surface area (Å²) in [7, 11) is 0. The van der Waals surface area contributed by atoms with Gasteiger partial charge in [0.25, 0.3) is 0 Å². The molecule has 11 aromatic rings. The van der Waals surface area contributed by atoms with Crippen LogP contribution in [0.5, 0.6) is 0 Å². The van der Waals surface area contributed by atoms with Crippen LogP contribution in [0, 0.1) is 0 Å². The zero-order valence-corrected chi connectivity index (χ0v) is 21.1. The molecule has 4 nitrogen and oxygen atoms in total. The van der Waals surface area contributed by atoms with E-state index >= 15 is 0 Å². The van der Waals surface area contributed by atoms with Gasteiger partial charge in [-0.05, 0) is 48.5 Å². The fourth-order valence-corrected chi connectivity index (χ4v) is 7.57. The van der Waals surface area contributed by atoms with Crippen LogP contribution >= 0.6 is 0 Å². The van der Waals surface area contributed by atoms with E-state index in [0.717, 1.165) is 33.1 Å². The van der Waals surface area contributed by atoms with Crippen LogP contribution in [0.2, 0.25) is 0 Å². The molecule has 4 heteroatoms. The average molecular weight is 511 g/mol. The minimum Gasteiger partial charge on any atom is -0.456 e. The van der Waals surface area contributed by atoms with Gasteiger partial charge >= 0.3 is 0 Å². The molecule has 5 aromatic heterocycles. The number of hydrogen-bond acceptors (Lipinski definition) is 2. The van der Waals surface area contributed by atoms with Crippen molar-refractivity contribution in [1.82, 2.24) is 8.80 Å². The van der Waals surface area contributed by atoms with Crippen LogP contribution in [-0.2, 0) is 0 Å². The van der Waals surface area contributed by atoms with Crippen LogP contribution in [0.1, 0.15) is 0 Å². The average Bonchev–Trinajstić information content (AvgIpc) is 3.74. The predicted molar refractivity (Wildman–Crippen MR) is 164 cm³/mol. The van der Waals surface area contributed by atoms with Crippen molar-refractivity contribution in [2.24, 2.45) is 0 Å². The zero-order chi connectivity index (χ0) is 25.7. The van der Waals surface area contributed by atoms with Gasteiger partial charge in [-0.25, -0.2) is 0 Å². The Morgan fingerprint density at radius 2 is 0.775 bits per heavy atom. The van der Waals surface area contributed by atoms with Gasteiger partial charge < -0.3 is 17.6 Å². The van der Waals surface area contributed by atoms with Crippen LogP contribution in [0.25, 0.3) is 98.5 Å². The minimum absolute atomic E-state index is 0.924. The van der Waals surface area contributed by atoms with Crippen molar-refractivity contribution in [1.29, 1.82) is 0 Å². The SMILES string of the molecule is c1ccc2c(c1)oc1ccc3c(c4cccc5c4n3c3cccc4c6c7c(ccc6n5c43)oc3ccccc37)c12. The van der Waals surface area contributed by atoms with Crippen LogP contribution < -0.4 is 0 Å². The molecular weight excluding hydrogens is 492 g/mol. The summed E-state index contributed by atoms with van der Waals surface area (Å²) in [6.07, 6.45) is 0. The summed E-state index contributed by atoms with van der Waals surface area (Å²) in [5, 5.41) is 9.65. The van der Waals surface area contributed by atoms with Crippen molar-refractivity contribution in [2.45, 2.75) is 0 Å². The van der Waals surface area contributed by atoms with Crippen LogP contribution in [0.3, 0.4) is 0 Å². The van der Waals surface area contributed by atoms with E-state index in [9.17, 15) is 0 Å². The normalized spacial score (nSPS) is 13.0. The van der Waals surface area contributed by atoms with E-state index in [1.54, 1.807) is 0 Å². The third-order valence-electron chi connectivity index (χ3n) is 9.02. The molecule has 40 heavy (non-hydrogen) atoms. The second-order valence-corrected chi connectivity index (χ2v) is 10.9. The van der Waals surface area contributed by atoms with Crippen molar-refractivity contribution in [3.05, 3.63) is 109 Å². The first kappa shape index (κ1) is 19.6. The molecule has 6 aromatic carbocycles. The first-order valence-corrected chi connectivity index (χ1v) is 13.6. The lowest BCUT2D eigenvalue weighted by Gasteiger charge is -2.11. The predicted octanol–water partition coefficient (Wildman–Crippen LogP) is 10.0. The lowest BCUT2D eigenvalue weighted by Crippen LogP contribution is -1.96. The Morgan fingerprint density at radius 1 is 0.325 bits per heavy atom. The van der Waals surface area contributed by atoms with Gasteiger partial charge in [0.1, 0.15) is 22.3 Å². The van der Waals surface area contributed by atoms with Crippen LogP contribution in [0.15, 0.2) is 118 Å². The van der Waals surface area contributed by atoms with Crippen LogP contribution in [-0.4, -0.2) is 8.80 Å². The maximum Gasteiger partial charge on any atom is 0.136 e. The first-order chi connectivity index (χ1) is 19.9. The molecule has 184 valence electrons. The molecule has 0 aliphatic heterocycles. The number of fused-ring (bicyclic) bond motifs is 16. The molecule has 0 spiro atoms. The largest absolute Gasteiger partial charge is 0.456 e. The highest BCUT2D eigenvalue weighted by atomic mass is 16.3. The summed E-state index contributed by atoms with van der Waals surface area (Å²) in [5.74, 6) is 0. The third kappa shape index (κ3) is 2.02. The number of nitrogens with zero attached hydrogens (tertiary/aromatic N) is 2. The quantitative estimate of drug-likeness (QED) is 0.190. The summed E-state index contributed by atoms with van der Waals surface area (Å²) < 4.78 is 17.5. The molecule has 0 bridgehead atoms. The van der Waals surface area contributed by atoms with Crippen molar-refractivity contribution in [3.8, 4) is 0 Å². The third-order valence-corrected chi connectivity index (χ3v) is 9.02. The van der Waals surface area contributed by atoms with Crippen molar-refractivity contribution < 1.29 is 8.83 Å². The van der Waals surface area contributed by atoms with Gasteiger partial charge in [-0.3, -0.25) is 0 Å². The molecule has 0 fully saturated rings. The Bertz CT molecular complexity index is 2670. The zero-order valence-electron chi connectivity index (χ0n) is 21.1. The highest BCUT2D eigenvalue weighted by Crippen LogP contribution is 2.46. The number of hydrogen-bond donors (Lipinski definition) is 0. The van der Waals surface area contributed by atoms with E-state index in [-0.39, 0.29) is 0 Å². The fraction of sp³-hybridized carbons (Fsp3) is 0. The first-order valence-electron chi connectivity index (χ1n) is 13.6. The Hall–Kier alpha value is -5.48. The maximum atomic E-state index is 6.31. The Morgan fingerprint density at radius 3 is 1.27 bits per heavy atom. The highest BCUT2D eigenvalue weighted by Gasteiger charge is 2.24. The molecule has 5 heterocycles. The maximum absolute atomic E-state index is 6.31. The number of furan rings is 2. The fourth-order valence-electron chi connectivity index (χ4n) is 7.57. The molecule has 0 radical (unpaired) electrons. The molecule has 11 rings (SSSR count). The Labute approximate surface area is 225 Å². The van der Waals surface area contributed by atoms with Gasteiger partial charge in [0.05, 0.1) is 33.1 Å². The minimum atomic E-state index is 0.924. The molecule has 0 aliphatic carbocycles. The summed E-state index contributed by atoms with van der Waals surface area (Å²) in [6, 6.07) is 38.9. The standard InChI is InChI=1S/C36H18N2O2/c1-3-13-27-19(7-1)33-29(39-27)17-15-23-31(33)21-9-5-11-25-35(21)37(23)26-12-6-10-22-32-24(38(25)36(22)26)16-18-30-34(32)20-8-2-4-14-28(20)40-30/h1-18H. The van der Waals surface area contributed by atoms with Gasteiger partial charge in [0, 0.05) is 43.1 Å². The van der Waals surface area contributed by atoms with E-state index in [2.05, 4.69) is 106 Å². The van der Waals surface area contributed by atoms with Crippen molar-refractivity contribution in [2.75, 3.05) is 0 Å². The second-order valence-electron chi connectivity index (χ2n) is 10.9. The van der Waals surface area contributed by atoms with E-state index in [4.69, 9.17) is 8.83 Å².